The molecule has 4 heterocycles. The Morgan fingerprint density at radius 1 is 1.10 bits per heavy atom. The van der Waals surface area contributed by atoms with Crippen LogP contribution in [0.4, 0.5) is 5.69 Å². The molecule has 1 aromatic carbocycles. The van der Waals surface area contributed by atoms with E-state index < -0.39 is 0 Å². The van der Waals surface area contributed by atoms with Crippen molar-refractivity contribution in [2.45, 2.75) is 43.7 Å². The van der Waals surface area contributed by atoms with Gasteiger partial charge in [-0.05, 0) is 55.7 Å². The molecule has 0 bridgehead atoms. The lowest BCUT2D eigenvalue weighted by atomic mass is 9.97. The number of hydrogen-bond acceptors (Lipinski definition) is 6. The summed E-state index contributed by atoms with van der Waals surface area (Å²) in [6, 6.07) is 8.21. The van der Waals surface area contributed by atoms with E-state index in [1.165, 1.54) is 40.6 Å². The van der Waals surface area contributed by atoms with Crippen LogP contribution < -0.4 is 4.90 Å². The highest BCUT2D eigenvalue weighted by molar-refractivity contribution is 7.99. The predicted octanol–water partition coefficient (Wildman–Crippen LogP) is 4.29. The molecule has 0 spiro atoms. The number of hydrogen-bond donors (Lipinski definition) is 0. The molecule has 30 heavy (non-hydrogen) atoms. The van der Waals surface area contributed by atoms with E-state index in [1.54, 1.807) is 11.3 Å². The molecule has 4 aromatic rings. The van der Waals surface area contributed by atoms with Gasteiger partial charge in [0, 0.05) is 17.1 Å². The summed E-state index contributed by atoms with van der Waals surface area (Å²) in [6.45, 7) is 0.778. The van der Waals surface area contributed by atoms with E-state index in [0.717, 1.165) is 58.9 Å². The minimum Gasteiger partial charge on any atom is -0.311 e. The van der Waals surface area contributed by atoms with Crippen molar-refractivity contribution in [2.24, 2.45) is 0 Å². The van der Waals surface area contributed by atoms with Crippen molar-refractivity contribution in [1.29, 1.82) is 0 Å². The Hall–Kier alpha value is -2.45. The summed E-state index contributed by atoms with van der Waals surface area (Å²) in [5, 5.41) is 10.8. The number of aryl methyl sites for hydroxylation is 3. The standard InChI is InChI=1S/C22H21N5OS2/c28-18(26-11-5-7-14-6-1-3-9-16(14)26)12-29-22-25-24-20-19-15-8-2-4-10-17(15)30-21(19)23-13-27(20)22/h1,3,6,9,13H,2,4-5,7-8,10-12H2. The molecule has 1 aliphatic heterocycles. The molecular formula is C22H21N5OS2. The second-order valence-electron chi connectivity index (χ2n) is 7.88. The second kappa shape index (κ2) is 7.35. The lowest BCUT2D eigenvalue weighted by Gasteiger charge is -2.29. The van der Waals surface area contributed by atoms with Crippen LogP contribution in [0.1, 0.15) is 35.3 Å². The average molecular weight is 436 g/mol. The van der Waals surface area contributed by atoms with Gasteiger partial charge in [0.25, 0.3) is 0 Å². The first-order valence-electron chi connectivity index (χ1n) is 10.4. The first-order chi connectivity index (χ1) is 14.8. The summed E-state index contributed by atoms with van der Waals surface area (Å²) in [6.07, 6.45) is 8.57. The van der Waals surface area contributed by atoms with Crippen LogP contribution in [0, 0.1) is 0 Å². The molecule has 6 nitrogen and oxygen atoms in total. The van der Waals surface area contributed by atoms with Crippen molar-refractivity contribution < 1.29 is 4.79 Å². The normalized spacial score (nSPS) is 16.1. The summed E-state index contributed by atoms with van der Waals surface area (Å²) in [4.78, 5) is 22.1. The molecule has 1 amide bonds. The third kappa shape index (κ3) is 2.93. The van der Waals surface area contributed by atoms with Crippen molar-refractivity contribution in [3.05, 3.63) is 46.6 Å². The third-order valence-electron chi connectivity index (χ3n) is 6.07. The molecule has 0 fully saturated rings. The summed E-state index contributed by atoms with van der Waals surface area (Å²) in [5.41, 5.74) is 4.58. The van der Waals surface area contributed by atoms with Gasteiger partial charge in [-0.2, -0.15) is 0 Å². The highest BCUT2D eigenvalue weighted by atomic mass is 32.2. The summed E-state index contributed by atoms with van der Waals surface area (Å²) in [7, 11) is 0. The van der Waals surface area contributed by atoms with Crippen LogP contribution in [0.3, 0.4) is 0 Å². The van der Waals surface area contributed by atoms with Crippen LogP contribution in [-0.2, 0) is 24.1 Å². The van der Waals surface area contributed by atoms with Gasteiger partial charge in [0.15, 0.2) is 10.8 Å². The van der Waals surface area contributed by atoms with E-state index in [2.05, 4.69) is 21.2 Å². The van der Waals surface area contributed by atoms with Crippen molar-refractivity contribution >= 4 is 50.6 Å². The quantitative estimate of drug-likeness (QED) is 0.449. The monoisotopic (exact) mass is 435 g/mol. The van der Waals surface area contributed by atoms with Gasteiger partial charge in [-0.1, -0.05) is 30.0 Å². The number of aromatic nitrogens is 4. The lowest BCUT2D eigenvalue weighted by Crippen LogP contribution is -2.36. The van der Waals surface area contributed by atoms with Crippen molar-refractivity contribution in [1.82, 2.24) is 19.6 Å². The molecule has 0 N–H and O–H groups in total. The first-order valence-corrected chi connectivity index (χ1v) is 12.2. The van der Waals surface area contributed by atoms with Crippen LogP contribution in [0.25, 0.3) is 15.9 Å². The van der Waals surface area contributed by atoms with Crippen LogP contribution >= 0.6 is 23.1 Å². The molecule has 8 heteroatoms. The van der Waals surface area contributed by atoms with E-state index in [-0.39, 0.29) is 5.91 Å². The largest absolute Gasteiger partial charge is 0.311 e. The van der Waals surface area contributed by atoms with Crippen LogP contribution in [0.5, 0.6) is 0 Å². The lowest BCUT2D eigenvalue weighted by molar-refractivity contribution is -0.116. The maximum atomic E-state index is 13.0. The zero-order valence-corrected chi connectivity index (χ0v) is 18.1. The molecule has 0 saturated heterocycles. The average Bonchev–Trinajstić information content (AvgIpc) is 3.37. The van der Waals surface area contributed by atoms with E-state index in [0.29, 0.717) is 5.75 Å². The molecule has 0 saturated carbocycles. The Bertz CT molecular complexity index is 1280. The van der Waals surface area contributed by atoms with Gasteiger partial charge in [-0.3, -0.25) is 9.20 Å². The predicted molar refractivity (Wildman–Crippen MR) is 121 cm³/mol. The van der Waals surface area contributed by atoms with Gasteiger partial charge in [0.05, 0.1) is 11.1 Å². The van der Waals surface area contributed by atoms with Crippen LogP contribution in [0.15, 0.2) is 35.7 Å². The highest BCUT2D eigenvalue weighted by Gasteiger charge is 2.24. The number of para-hydroxylation sites is 1. The number of carbonyl (C=O) groups excluding carboxylic acids is 1. The molecule has 1 aliphatic carbocycles. The van der Waals surface area contributed by atoms with Crippen molar-refractivity contribution in [3.8, 4) is 0 Å². The summed E-state index contributed by atoms with van der Waals surface area (Å²) in [5.74, 6) is 0.459. The Morgan fingerprint density at radius 3 is 2.97 bits per heavy atom. The van der Waals surface area contributed by atoms with Crippen molar-refractivity contribution in [2.75, 3.05) is 17.2 Å². The Labute approximate surface area is 182 Å². The molecule has 6 rings (SSSR count). The minimum atomic E-state index is 0.117. The summed E-state index contributed by atoms with van der Waals surface area (Å²) >= 11 is 3.24. The number of thioether (sulfide) groups is 1. The molecule has 152 valence electrons. The number of fused-ring (bicyclic) bond motifs is 6. The Morgan fingerprint density at radius 2 is 2.00 bits per heavy atom. The van der Waals surface area contributed by atoms with E-state index in [1.807, 2.05) is 33.8 Å². The molecule has 3 aromatic heterocycles. The number of anilines is 1. The maximum Gasteiger partial charge on any atom is 0.237 e. The van der Waals surface area contributed by atoms with E-state index in [9.17, 15) is 4.79 Å². The van der Waals surface area contributed by atoms with E-state index >= 15 is 0 Å². The van der Waals surface area contributed by atoms with E-state index in [4.69, 9.17) is 0 Å². The van der Waals surface area contributed by atoms with Gasteiger partial charge in [0.2, 0.25) is 5.91 Å². The van der Waals surface area contributed by atoms with Crippen LogP contribution in [-0.4, -0.2) is 37.8 Å². The van der Waals surface area contributed by atoms with Gasteiger partial charge in [-0.15, -0.1) is 21.5 Å². The molecule has 0 atom stereocenters. The molecule has 0 unspecified atom stereocenters. The summed E-state index contributed by atoms with van der Waals surface area (Å²) < 4.78 is 1.95. The molecule has 2 aliphatic rings. The fraction of sp³-hybridized carbons (Fsp3) is 0.364. The fourth-order valence-electron chi connectivity index (χ4n) is 4.63. The van der Waals surface area contributed by atoms with Gasteiger partial charge in [-0.25, -0.2) is 4.98 Å². The molecule has 0 radical (unpaired) electrons. The Balaban J connectivity index is 1.28. The number of rotatable bonds is 3. The topological polar surface area (TPSA) is 63.4 Å². The van der Waals surface area contributed by atoms with Gasteiger partial charge < -0.3 is 4.90 Å². The number of thiophene rings is 1. The smallest absolute Gasteiger partial charge is 0.237 e. The zero-order chi connectivity index (χ0) is 20.1. The molecular weight excluding hydrogens is 414 g/mol. The number of benzene rings is 1. The SMILES string of the molecule is O=C(CSc1nnc2c3c4c(sc3ncn12)CCCC4)N1CCCc2ccccc21. The minimum absolute atomic E-state index is 0.117. The number of carbonyl (C=O) groups is 1. The number of amides is 1. The highest BCUT2D eigenvalue weighted by Crippen LogP contribution is 2.37. The zero-order valence-electron chi connectivity index (χ0n) is 16.5. The maximum absolute atomic E-state index is 13.0. The second-order valence-corrected chi connectivity index (χ2v) is 9.90. The van der Waals surface area contributed by atoms with Crippen LogP contribution in [0.2, 0.25) is 0 Å². The van der Waals surface area contributed by atoms with Crippen molar-refractivity contribution in [3.63, 3.8) is 0 Å². The Kier molecular flexibility index (Phi) is 4.49. The third-order valence-corrected chi connectivity index (χ3v) is 8.20. The van der Waals surface area contributed by atoms with Gasteiger partial charge in [0.1, 0.15) is 11.2 Å². The van der Waals surface area contributed by atoms with Gasteiger partial charge >= 0.3 is 0 Å². The number of nitrogens with zero attached hydrogens (tertiary/aromatic N) is 5. The first kappa shape index (κ1) is 18.3. The fourth-order valence-corrected chi connectivity index (χ4v) is 6.63.